The largest absolute Gasteiger partial charge is 0.378 e. The Balaban J connectivity index is 1.75. The van der Waals surface area contributed by atoms with Crippen LogP contribution in [0.1, 0.15) is 4.88 Å². The van der Waals surface area contributed by atoms with Gasteiger partial charge in [0.05, 0.1) is 35.1 Å². The molecule has 4 aromatic rings. The van der Waals surface area contributed by atoms with Crippen LogP contribution in [0.3, 0.4) is 0 Å². The zero-order valence-corrected chi connectivity index (χ0v) is 14.6. The van der Waals surface area contributed by atoms with Gasteiger partial charge < -0.3 is 9.64 Å². The minimum Gasteiger partial charge on any atom is -0.378 e. The summed E-state index contributed by atoms with van der Waals surface area (Å²) in [6.45, 7) is 5.31. The fourth-order valence-electron chi connectivity index (χ4n) is 3.31. The molecule has 3 aromatic heterocycles. The van der Waals surface area contributed by atoms with Crippen molar-refractivity contribution in [2.45, 2.75) is 6.92 Å². The second-order valence-corrected chi connectivity index (χ2v) is 7.43. The molecule has 1 N–H and O–H groups in total. The van der Waals surface area contributed by atoms with Crippen LogP contribution in [0.15, 0.2) is 30.5 Å². The first-order chi connectivity index (χ1) is 12.3. The Morgan fingerprint density at radius 3 is 2.96 bits per heavy atom. The molecule has 126 valence electrons. The third kappa shape index (κ3) is 2.47. The van der Waals surface area contributed by atoms with E-state index in [4.69, 9.17) is 14.7 Å². The molecule has 0 saturated carbocycles. The highest BCUT2D eigenvalue weighted by atomic mass is 32.1. The maximum Gasteiger partial charge on any atom is 0.162 e. The number of fused-ring (bicyclic) bond motifs is 2. The monoisotopic (exact) mass is 351 g/mol. The minimum atomic E-state index is 0.739. The van der Waals surface area contributed by atoms with Crippen molar-refractivity contribution >= 4 is 38.3 Å². The Bertz CT molecular complexity index is 1060. The highest BCUT2D eigenvalue weighted by molar-refractivity contribution is 7.19. The third-order valence-corrected chi connectivity index (χ3v) is 5.55. The van der Waals surface area contributed by atoms with Gasteiger partial charge in [0.25, 0.3) is 0 Å². The van der Waals surface area contributed by atoms with Gasteiger partial charge in [0.15, 0.2) is 11.6 Å². The lowest BCUT2D eigenvalue weighted by Crippen LogP contribution is -2.36. The molecule has 0 spiro atoms. The first-order valence-corrected chi connectivity index (χ1v) is 9.14. The zero-order valence-electron chi connectivity index (χ0n) is 13.8. The lowest BCUT2D eigenvalue weighted by atomic mass is 10.1. The van der Waals surface area contributed by atoms with Gasteiger partial charge in [-0.25, -0.2) is 9.97 Å². The van der Waals surface area contributed by atoms with Gasteiger partial charge in [0.2, 0.25) is 0 Å². The molecule has 0 atom stereocenters. The van der Waals surface area contributed by atoms with Crippen LogP contribution >= 0.6 is 11.3 Å². The quantitative estimate of drug-likeness (QED) is 0.600. The molecule has 0 amide bonds. The number of hydrogen-bond donors (Lipinski definition) is 1. The van der Waals surface area contributed by atoms with Crippen LogP contribution in [0.2, 0.25) is 0 Å². The number of nitrogens with zero attached hydrogens (tertiary/aromatic N) is 4. The molecule has 1 aliphatic heterocycles. The zero-order chi connectivity index (χ0) is 16.8. The summed E-state index contributed by atoms with van der Waals surface area (Å²) in [6.07, 6.45) is 1.84. The summed E-state index contributed by atoms with van der Waals surface area (Å²) in [5.41, 5.74) is 3.01. The molecule has 4 heterocycles. The van der Waals surface area contributed by atoms with Crippen molar-refractivity contribution in [3.63, 3.8) is 0 Å². The van der Waals surface area contributed by atoms with E-state index in [1.165, 1.54) is 4.88 Å². The van der Waals surface area contributed by atoms with Gasteiger partial charge in [-0.15, -0.1) is 11.3 Å². The maximum absolute atomic E-state index is 5.51. The molecular formula is C18H17N5OS. The Hall–Kier alpha value is -2.51. The van der Waals surface area contributed by atoms with Crippen molar-refractivity contribution in [2.75, 3.05) is 31.2 Å². The average Bonchev–Trinajstić information content (AvgIpc) is 3.26. The fraction of sp³-hybridized carbons (Fsp3) is 0.278. The van der Waals surface area contributed by atoms with Gasteiger partial charge in [-0.1, -0.05) is 12.1 Å². The van der Waals surface area contributed by atoms with E-state index in [1.54, 1.807) is 11.3 Å². The SMILES string of the molecule is Cc1cc2nc(-c3cccc4[nH]ncc34)nc(N3CCOCC3)c2s1. The Morgan fingerprint density at radius 1 is 1.20 bits per heavy atom. The van der Waals surface area contributed by atoms with E-state index in [2.05, 4.69) is 34.2 Å². The number of rotatable bonds is 2. The van der Waals surface area contributed by atoms with Gasteiger partial charge >= 0.3 is 0 Å². The maximum atomic E-state index is 5.51. The molecule has 25 heavy (non-hydrogen) atoms. The Morgan fingerprint density at radius 2 is 2.08 bits per heavy atom. The number of aryl methyl sites for hydroxylation is 1. The normalized spacial score (nSPS) is 15.3. The second-order valence-electron chi connectivity index (χ2n) is 6.18. The number of hydrogen-bond acceptors (Lipinski definition) is 6. The minimum absolute atomic E-state index is 0.739. The number of H-pyrrole nitrogens is 1. The smallest absolute Gasteiger partial charge is 0.162 e. The van der Waals surface area contributed by atoms with Crippen molar-refractivity contribution < 1.29 is 4.74 Å². The molecule has 1 aliphatic rings. The number of ether oxygens (including phenoxy) is 1. The Labute approximate surface area is 148 Å². The summed E-state index contributed by atoms with van der Waals surface area (Å²) < 4.78 is 6.66. The molecule has 0 unspecified atom stereocenters. The van der Waals surface area contributed by atoms with Crippen LogP contribution < -0.4 is 4.90 Å². The van der Waals surface area contributed by atoms with Crippen LogP contribution in [-0.4, -0.2) is 46.5 Å². The van der Waals surface area contributed by atoms with Gasteiger partial charge in [-0.2, -0.15) is 5.10 Å². The van der Waals surface area contributed by atoms with Crippen molar-refractivity contribution in [3.05, 3.63) is 35.3 Å². The molecule has 0 aliphatic carbocycles. The molecule has 0 radical (unpaired) electrons. The number of anilines is 1. The van der Waals surface area contributed by atoms with Crippen molar-refractivity contribution in [2.24, 2.45) is 0 Å². The predicted molar refractivity (Wildman–Crippen MR) is 100 cm³/mol. The number of morpholine rings is 1. The standard InChI is InChI=1S/C18H17N5OS/c1-11-9-15-16(25-11)18(23-5-7-24-8-6-23)21-17(20-15)12-3-2-4-14-13(12)10-19-22-14/h2-4,9-10H,5-8H2,1H3,(H,19,22). The summed E-state index contributed by atoms with van der Waals surface area (Å²) >= 11 is 1.76. The summed E-state index contributed by atoms with van der Waals surface area (Å²) in [5, 5.41) is 8.22. The highest BCUT2D eigenvalue weighted by Crippen LogP contribution is 2.35. The lowest BCUT2D eigenvalue weighted by molar-refractivity contribution is 0.122. The summed E-state index contributed by atoms with van der Waals surface area (Å²) in [4.78, 5) is 13.4. The summed E-state index contributed by atoms with van der Waals surface area (Å²) in [6, 6.07) is 8.23. The molecular weight excluding hydrogens is 334 g/mol. The molecule has 1 aromatic carbocycles. The highest BCUT2D eigenvalue weighted by Gasteiger charge is 2.20. The third-order valence-electron chi connectivity index (χ3n) is 4.51. The summed E-state index contributed by atoms with van der Waals surface area (Å²) in [7, 11) is 0. The van der Waals surface area contributed by atoms with Crippen LogP contribution in [0, 0.1) is 6.92 Å². The number of aromatic amines is 1. The number of nitrogens with one attached hydrogen (secondary N) is 1. The van der Waals surface area contributed by atoms with E-state index < -0.39 is 0 Å². The van der Waals surface area contributed by atoms with Gasteiger partial charge in [0.1, 0.15) is 0 Å². The average molecular weight is 351 g/mol. The van der Waals surface area contributed by atoms with Crippen LogP contribution in [0.4, 0.5) is 5.82 Å². The molecule has 1 saturated heterocycles. The van der Waals surface area contributed by atoms with E-state index in [-0.39, 0.29) is 0 Å². The molecule has 1 fully saturated rings. The van der Waals surface area contributed by atoms with E-state index >= 15 is 0 Å². The van der Waals surface area contributed by atoms with E-state index in [9.17, 15) is 0 Å². The summed E-state index contributed by atoms with van der Waals surface area (Å²) in [5.74, 6) is 1.76. The number of benzene rings is 1. The number of thiophene rings is 1. The van der Waals surface area contributed by atoms with Crippen molar-refractivity contribution in [3.8, 4) is 11.4 Å². The number of aromatic nitrogens is 4. The van der Waals surface area contributed by atoms with Gasteiger partial charge in [0, 0.05) is 28.9 Å². The van der Waals surface area contributed by atoms with Gasteiger partial charge in [-0.05, 0) is 19.1 Å². The van der Waals surface area contributed by atoms with E-state index in [0.29, 0.717) is 0 Å². The fourth-order valence-corrected chi connectivity index (χ4v) is 4.27. The van der Waals surface area contributed by atoms with E-state index in [1.807, 2.05) is 18.3 Å². The topological polar surface area (TPSA) is 66.9 Å². The van der Waals surface area contributed by atoms with Crippen molar-refractivity contribution in [1.82, 2.24) is 20.2 Å². The molecule has 0 bridgehead atoms. The van der Waals surface area contributed by atoms with Gasteiger partial charge in [-0.3, -0.25) is 5.10 Å². The van der Waals surface area contributed by atoms with Crippen LogP contribution in [0.25, 0.3) is 32.5 Å². The molecule has 5 rings (SSSR count). The first kappa shape index (κ1) is 14.8. The van der Waals surface area contributed by atoms with Crippen LogP contribution in [-0.2, 0) is 4.74 Å². The second kappa shape index (κ2) is 5.79. The van der Waals surface area contributed by atoms with Crippen LogP contribution in [0.5, 0.6) is 0 Å². The van der Waals surface area contributed by atoms with Crippen molar-refractivity contribution in [1.29, 1.82) is 0 Å². The molecule has 7 heteroatoms. The Kier molecular flexibility index (Phi) is 3.43. The lowest BCUT2D eigenvalue weighted by Gasteiger charge is -2.28. The van der Waals surface area contributed by atoms with E-state index in [0.717, 1.165) is 64.6 Å². The molecule has 6 nitrogen and oxygen atoms in total. The predicted octanol–water partition coefficient (Wildman–Crippen LogP) is 3.38. The first-order valence-electron chi connectivity index (χ1n) is 8.33.